The molecule has 0 aliphatic rings. The van der Waals surface area contributed by atoms with Gasteiger partial charge in [-0.15, -0.1) is 0 Å². The third kappa shape index (κ3) is 15.4. The highest BCUT2D eigenvalue weighted by atomic mass is 79.9. The number of hydrogen-bond acceptors (Lipinski definition) is 3. The van der Waals surface area contributed by atoms with Gasteiger partial charge in [-0.05, 0) is 59.2 Å². The van der Waals surface area contributed by atoms with Gasteiger partial charge in [-0.1, -0.05) is 97.3 Å². The zero-order valence-electron chi connectivity index (χ0n) is 20.9. The second kappa shape index (κ2) is 20.3. The van der Waals surface area contributed by atoms with Gasteiger partial charge in [0.2, 0.25) is 0 Å². The molecule has 0 saturated heterocycles. The predicted octanol–water partition coefficient (Wildman–Crippen LogP) is 8.32. The van der Waals surface area contributed by atoms with Crippen LogP contribution in [0, 0.1) is 0 Å². The molecule has 1 rings (SSSR count). The summed E-state index contributed by atoms with van der Waals surface area (Å²) in [5.74, 6) is 0.531. The van der Waals surface area contributed by atoms with Crippen LogP contribution in [0.5, 0.6) is 5.75 Å². The van der Waals surface area contributed by atoms with Gasteiger partial charge in [-0.3, -0.25) is 10.1 Å². The van der Waals surface area contributed by atoms with E-state index in [-0.39, 0.29) is 5.91 Å². The molecule has 0 heterocycles. The Kier molecular flexibility index (Phi) is 18.3. The smallest absolute Gasteiger partial charge is 0.257 e. The van der Waals surface area contributed by atoms with Crippen LogP contribution in [0.4, 0.5) is 0 Å². The Balaban J connectivity index is 2.00. The molecule has 0 saturated carbocycles. The van der Waals surface area contributed by atoms with E-state index in [2.05, 4.69) is 40.4 Å². The molecule has 4 nitrogen and oxygen atoms in total. The first-order valence-corrected chi connectivity index (χ1v) is 14.3. The van der Waals surface area contributed by atoms with Gasteiger partial charge in [0.25, 0.3) is 5.91 Å². The van der Waals surface area contributed by atoms with Crippen LogP contribution in [0.3, 0.4) is 0 Å². The maximum Gasteiger partial charge on any atom is 0.257 e. The van der Waals surface area contributed by atoms with Crippen molar-refractivity contribution in [2.24, 2.45) is 0 Å². The summed E-state index contributed by atoms with van der Waals surface area (Å²) in [4.78, 5) is 12.4. The SMILES string of the molecule is CCCCCCCCCCCCCCCCNC(=S)NC(=O)c1ccc(OCCC)c(Br)c1. The standard InChI is InChI=1S/C27H45BrN2O2S/c1-3-5-6-7-8-9-10-11-12-13-14-15-16-17-20-29-27(33)30-26(31)23-18-19-25(24(28)22-23)32-21-4-2/h18-19,22H,3-17,20-21H2,1-2H3,(H2,29,30,31,33). The number of nitrogens with one attached hydrogen (secondary N) is 2. The molecule has 0 aliphatic heterocycles. The monoisotopic (exact) mass is 540 g/mol. The van der Waals surface area contributed by atoms with Gasteiger partial charge in [0.05, 0.1) is 11.1 Å². The van der Waals surface area contributed by atoms with Gasteiger partial charge in [-0.25, -0.2) is 0 Å². The van der Waals surface area contributed by atoms with E-state index in [0.29, 0.717) is 17.3 Å². The number of thiocarbonyl (C=S) groups is 1. The fourth-order valence-corrected chi connectivity index (χ4v) is 4.40. The van der Waals surface area contributed by atoms with Gasteiger partial charge in [-0.2, -0.15) is 0 Å². The highest BCUT2D eigenvalue weighted by Gasteiger charge is 2.10. The average molecular weight is 542 g/mol. The van der Waals surface area contributed by atoms with Crippen LogP contribution in [0.25, 0.3) is 0 Å². The summed E-state index contributed by atoms with van der Waals surface area (Å²) in [6.45, 7) is 5.78. The highest BCUT2D eigenvalue weighted by molar-refractivity contribution is 9.10. The quantitative estimate of drug-likeness (QED) is 0.137. The molecule has 0 aliphatic carbocycles. The maximum absolute atomic E-state index is 12.4. The fourth-order valence-electron chi connectivity index (χ4n) is 3.71. The van der Waals surface area contributed by atoms with E-state index in [1.807, 2.05) is 0 Å². The zero-order chi connectivity index (χ0) is 24.2. The summed E-state index contributed by atoms with van der Waals surface area (Å²) in [5, 5.41) is 6.29. The Morgan fingerprint density at radius 2 is 1.39 bits per heavy atom. The topological polar surface area (TPSA) is 50.4 Å². The maximum atomic E-state index is 12.4. The fraction of sp³-hybridized carbons (Fsp3) is 0.704. The Bertz CT molecular complexity index is 670. The lowest BCUT2D eigenvalue weighted by Crippen LogP contribution is -2.39. The van der Waals surface area contributed by atoms with Crippen molar-refractivity contribution in [3.05, 3.63) is 28.2 Å². The van der Waals surface area contributed by atoms with Crippen molar-refractivity contribution in [1.29, 1.82) is 0 Å². The lowest BCUT2D eigenvalue weighted by atomic mass is 10.0. The van der Waals surface area contributed by atoms with Gasteiger partial charge >= 0.3 is 0 Å². The Morgan fingerprint density at radius 1 is 0.848 bits per heavy atom. The number of hydrogen-bond donors (Lipinski definition) is 2. The molecule has 0 unspecified atom stereocenters. The highest BCUT2D eigenvalue weighted by Crippen LogP contribution is 2.26. The van der Waals surface area contributed by atoms with Crippen molar-refractivity contribution in [3.63, 3.8) is 0 Å². The average Bonchev–Trinajstić information content (AvgIpc) is 2.80. The van der Waals surface area contributed by atoms with E-state index in [1.54, 1.807) is 18.2 Å². The summed E-state index contributed by atoms with van der Waals surface area (Å²) in [7, 11) is 0. The van der Waals surface area contributed by atoms with Crippen LogP contribution in [-0.2, 0) is 0 Å². The summed E-state index contributed by atoms with van der Waals surface area (Å²) in [6.07, 6.45) is 19.8. The third-order valence-electron chi connectivity index (χ3n) is 5.70. The molecule has 33 heavy (non-hydrogen) atoms. The number of carbonyl (C=O) groups excluding carboxylic acids is 1. The molecule has 2 N–H and O–H groups in total. The number of benzene rings is 1. The zero-order valence-corrected chi connectivity index (χ0v) is 23.3. The van der Waals surface area contributed by atoms with E-state index in [1.165, 1.54) is 83.5 Å². The molecule has 1 aromatic rings. The van der Waals surface area contributed by atoms with Gasteiger partial charge < -0.3 is 10.1 Å². The third-order valence-corrected chi connectivity index (χ3v) is 6.56. The van der Waals surface area contributed by atoms with Crippen LogP contribution >= 0.6 is 28.1 Å². The van der Waals surface area contributed by atoms with E-state index < -0.39 is 0 Å². The van der Waals surface area contributed by atoms with Crippen LogP contribution in [0.2, 0.25) is 0 Å². The van der Waals surface area contributed by atoms with Crippen molar-refractivity contribution in [2.45, 2.75) is 110 Å². The first kappa shape index (κ1) is 29.9. The summed E-state index contributed by atoms with van der Waals surface area (Å²) in [5.41, 5.74) is 0.548. The van der Waals surface area contributed by atoms with E-state index in [0.717, 1.165) is 29.6 Å². The van der Waals surface area contributed by atoms with Crippen LogP contribution in [0.1, 0.15) is 121 Å². The first-order chi connectivity index (χ1) is 16.1. The molecule has 0 bridgehead atoms. The van der Waals surface area contributed by atoms with Crippen LogP contribution < -0.4 is 15.4 Å². The van der Waals surface area contributed by atoms with E-state index in [4.69, 9.17) is 17.0 Å². The lowest BCUT2D eigenvalue weighted by Gasteiger charge is -2.11. The number of ether oxygens (including phenoxy) is 1. The normalized spacial score (nSPS) is 10.8. The van der Waals surface area contributed by atoms with Crippen molar-refractivity contribution >= 4 is 39.2 Å². The molecular weight excluding hydrogens is 496 g/mol. The van der Waals surface area contributed by atoms with Gasteiger partial charge in [0.15, 0.2) is 5.11 Å². The molecule has 1 aromatic carbocycles. The van der Waals surface area contributed by atoms with Crippen LogP contribution in [-0.4, -0.2) is 24.2 Å². The largest absolute Gasteiger partial charge is 0.492 e. The summed E-state index contributed by atoms with van der Waals surface area (Å²) in [6, 6.07) is 5.32. The predicted molar refractivity (Wildman–Crippen MR) is 148 cm³/mol. The minimum absolute atomic E-state index is 0.212. The van der Waals surface area contributed by atoms with E-state index >= 15 is 0 Å². The summed E-state index contributed by atoms with van der Waals surface area (Å²) < 4.78 is 6.39. The molecular formula is C27H45BrN2O2S. The molecule has 0 atom stereocenters. The van der Waals surface area contributed by atoms with Crippen molar-refractivity contribution < 1.29 is 9.53 Å². The molecule has 1 amide bonds. The van der Waals surface area contributed by atoms with Gasteiger partial charge in [0.1, 0.15) is 5.75 Å². The Morgan fingerprint density at radius 3 is 1.91 bits per heavy atom. The minimum Gasteiger partial charge on any atom is -0.492 e. The summed E-state index contributed by atoms with van der Waals surface area (Å²) >= 11 is 8.73. The lowest BCUT2D eigenvalue weighted by molar-refractivity contribution is 0.0976. The number of rotatable bonds is 19. The van der Waals surface area contributed by atoms with Crippen molar-refractivity contribution in [1.82, 2.24) is 10.6 Å². The van der Waals surface area contributed by atoms with E-state index in [9.17, 15) is 4.79 Å². The number of amides is 1. The second-order valence-electron chi connectivity index (χ2n) is 8.80. The number of carbonyl (C=O) groups is 1. The molecule has 0 radical (unpaired) electrons. The van der Waals surface area contributed by atoms with Gasteiger partial charge in [0, 0.05) is 12.1 Å². The molecule has 6 heteroatoms. The Hall–Kier alpha value is -1.14. The number of halogens is 1. The first-order valence-electron chi connectivity index (χ1n) is 13.1. The number of unbranched alkanes of at least 4 members (excludes halogenated alkanes) is 13. The molecule has 0 spiro atoms. The molecule has 0 fully saturated rings. The van der Waals surface area contributed by atoms with Crippen molar-refractivity contribution in [2.75, 3.05) is 13.2 Å². The Labute approximate surface area is 216 Å². The molecule has 188 valence electrons. The van der Waals surface area contributed by atoms with Crippen LogP contribution in [0.15, 0.2) is 22.7 Å². The van der Waals surface area contributed by atoms with Crippen molar-refractivity contribution in [3.8, 4) is 5.75 Å². The minimum atomic E-state index is -0.212. The molecule has 0 aromatic heterocycles. The second-order valence-corrected chi connectivity index (χ2v) is 10.1.